The molecule has 5 heteroatoms. The standard InChI is InChI=1S/C9H14F3NO/c1-8(2,3)7-4-6(14-13-7)5-9(10,11)12/h6H,4-5H2,1-3H3/t6-/m1/s1. The van der Waals surface area contributed by atoms with Crippen LogP contribution in [0.15, 0.2) is 5.16 Å². The Balaban J connectivity index is 2.48. The van der Waals surface area contributed by atoms with Gasteiger partial charge < -0.3 is 4.84 Å². The number of nitrogens with zero attached hydrogens (tertiary/aromatic N) is 1. The van der Waals surface area contributed by atoms with Crippen molar-refractivity contribution in [2.24, 2.45) is 10.6 Å². The average molecular weight is 209 g/mol. The van der Waals surface area contributed by atoms with Gasteiger partial charge in [-0.1, -0.05) is 25.9 Å². The second-order valence-corrected chi connectivity index (χ2v) is 4.54. The number of oxime groups is 1. The summed E-state index contributed by atoms with van der Waals surface area (Å²) in [6.45, 7) is 5.72. The Bertz CT molecular complexity index is 239. The van der Waals surface area contributed by atoms with E-state index < -0.39 is 18.7 Å². The lowest BCUT2D eigenvalue weighted by molar-refractivity contribution is -0.157. The van der Waals surface area contributed by atoms with Gasteiger partial charge in [-0.15, -0.1) is 0 Å². The van der Waals surface area contributed by atoms with E-state index in [1.807, 2.05) is 20.8 Å². The minimum atomic E-state index is -4.17. The Morgan fingerprint density at radius 2 is 1.93 bits per heavy atom. The summed E-state index contributed by atoms with van der Waals surface area (Å²) in [5.41, 5.74) is 0.493. The van der Waals surface area contributed by atoms with Crippen LogP contribution in [0.3, 0.4) is 0 Å². The number of hydrogen-bond donors (Lipinski definition) is 0. The predicted molar refractivity (Wildman–Crippen MR) is 47.1 cm³/mol. The van der Waals surface area contributed by atoms with Crippen molar-refractivity contribution in [3.8, 4) is 0 Å². The van der Waals surface area contributed by atoms with Crippen molar-refractivity contribution in [3.63, 3.8) is 0 Å². The molecule has 82 valence electrons. The smallest absolute Gasteiger partial charge is 0.392 e. The van der Waals surface area contributed by atoms with Gasteiger partial charge in [0.25, 0.3) is 0 Å². The van der Waals surface area contributed by atoms with E-state index in [0.717, 1.165) is 0 Å². The van der Waals surface area contributed by atoms with Gasteiger partial charge in [0.15, 0.2) is 0 Å². The first-order valence-corrected chi connectivity index (χ1v) is 4.48. The van der Waals surface area contributed by atoms with Gasteiger partial charge in [0.2, 0.25) is 0 Å². The first kappa shape index (κ1) is 11.3. The normalized spacial score (nSPS) is 23.3. The summed E-state index contributed by atoms with van der Waals surface area (Å²) < 4.78 is 36.0. The van der Waals surface area contributed by atoms with Crippen molar-refractivity contribution >= 4 is 5.71 Å². The zero-order chi connectivity index (χ0) is 11.0. The third-order valence-electron chi connectivity index (χ3n) is 2.06. The Hall–Kier alpha value is -0.740. The maximum atomic E-state index is 12.0. The number of hydrogen-bond acceptors (Lipinski definition) is 2. The maximum Gasteiger partial charge on any atom is 0.392 e. The van der Waals surface area contributed by atoms with Crippen molar-refractivity contribution in [1.82, 2.24) is 0 Å². The second kappa shape index (κ2) is 3.44. The Morgan fingerprint density at radius 1 is 1.36 bits per heavy atom. The van der Waals surface area contributed by atoms with Gasteiger partial charge in [-0.25, -0.2) is 0 Å². The fourth-order valence-corrected chi connectivity index (χ4v) is 1.24. The highest BCUT2D eigenvalue weighted by Gasteiger charge is 2.38. The predicted octanol–water partition coefficient (Wildman–Crippen LogP) is 3.13. The molecular weight excluding hydrogens is 195 g/mol. The first-order valence-electron chi connectivity index (χ1n) is 4.48. The summed E-state index contributed by atoms with van der Waals surface area (Å²) in [5.74, 6) is 0. The van der Waals surface area contributed by atoms with Gasteiger partial charge in [0, 0.05) is 11.8 Å². The SMILES string of the molecule is CC(C)(C)C1=NO[C@@H](CC(F)(F)F)C1. The van der Waals surface area contributed by atoms with Gasteiger partial charge in [-0.05, 0) is 0 Å². The van der Waals surface area contributed by atoms with Gasteiger partial charge >= 0.3 is 6.18 Å². The molecule has 0 saturated heterocycles. The lowest BCUT2D eigenvalue weighted by Gasteiger charge is -2.17. The average Bonchev–Trinajstić information content (AvgIpc) is 2.29. The number of rotatable bonds is 1. The Kier molecular flexibility index (Phi) is 2.78. The van der Waals surface area contributed by atoms with Crippen molar-refractivity contribution < 1.29 is 18.0 Å². The van der Waals surface area contributed by atoms with E-state index in [1.54, 1.807) is 0 Å². The van der Waals surface area contributed by atoms with Crippen LogP contribution in [0.4, 0.5) is 13.2 Å². The topological polar surface area (TPSA) is 21.6 Å². The largest absolute Gasteiger partial charge is 0.392 e. The molecule has 14 heavy (non-hydrogen) atoms. The Morgan fingerprint density at radius 3 is 2.29 bits per heavy atom. The quantitative estimate of drug-likeness (QED) is 0.650. The summed E-state index contributed by atoms with van der Waals surface area (Å²) in [6, 6.07) is 0. The summed E-state index contributed by atoms with van der Waals surface area (Å²) in [4.78, 5) is 4.74. The molecule has 1 aliphatic rings. The van der Waals surface area contributed by atoms with Gasteiger partial charge in [-0.2, -0.15) is 13.2 Å². The van der Waals surface area contributed by atoms with E-state index in [9.17, 15) is 13.2 Å². The molecule has 0 aromatic carbocycles. The molecule has 0 aliphatic carbocycles. The maximum absolute atomic E-state index is 12.0. The molecule has 0 spiro atoms. The van der Waals surface area contributed by atoms with E-state index in [2.05, 4.69) is 5.16 Å². The fraction of sp³-hybridized carbons (Fsp3) is 0.889. The molecule has 1 atom stereocenters. The van der Waals surface area contributed by atoms with E-state index in [4.69, 9.17) is 4.84 Å². The molecular formula is C9H14F3NO. The van der Waals surface area contributed by atoms with E-state index >= 15 is 0 Å². The van der Waals surface area contributed by atoms with Crippen molar-refractivity contribution in [2.75, 3.05) is 0 Å². The summed E-state index contributed by atoms with van der Waals surface area (Å²) >= 11 is 0. The van der Waals surface area contributed by atoms with Crippen LogP contribution in [0.1, 0.15) is 33.6 Å². The molecule has 0 bridgehead atoms. The van der Waals surface area contributed by atoms with Crippen LogP contribution < -0.4 is 0 Å². The van der Waals surface area contributed by atoms with Crippen LogP contribution >= 0.6 is 0 Å². The number of halogens is 3. The molecule has 1 aliphatic heterocycles. The van der Waals surface area contributed by atoms with Crippen LogP contribution in [-0.4, -0.2) is 18.0 Å². The highest BCUT2D eigenvalue weighted by atomic mass is 19.4. The third-order valence-corrected chi connectivity index (χ3v) is 2.06. The highest BCUT2D eigenvalue weighted by Crippen LogP contribution is 2.31. The Labute approximate surface area is 81.1 Å². The molecule has 0 fully saturated rings. The van der Waals surface area contributed by atoms with Gasteiger partial charge in [0.05, 0.1) is 12.1 Å². The molecule has 2 nitrogen and oxygen atoms in total. The second-order valence-electron chi connectivity index (χ2n) is 4.54. The summed E-state index contributed by atoms with van der Waals surface area (Å²) in [7, 11) is 0. The van der Waals surface area contributed by atoms with Crippen LogP contribution in [0, 0.1) is 5.41 Å². The summed E-state index contributed by atoms with van der Waals surface area (Å²) in [5, 5.41) is 3.69. The minimum Gasteiger partial charge on any atom is -0.392 e. The molecule has 0 N–H and O–H groups in total. The zero-order valence-corrected chi connectivity index (χ0v) is 8.48. The third kappa shape index (κ3) is 3.20. The highest BCUT2D eigenvalue weighted by molar-refractivity contribution is 5.90. The van der Waals surface area contributed by atoms with E-state index in [0.29, 0.717) is 5.71 Å². The van der Waals surface area contributed by atoms with Crippen LogP contribution in [0.25, 0.3) is 0 Å². The molecule has 0 unspecified atom stereocenters. The lowest BCUT2D eigenvalue weighted by atomic mass is 9.87. The minimum absolute atomic E-state index is 0.208. The molecule has 0 aromatic heterocycles. The van der Waals surface area contributed by atoms with Gasteiger partial charge in [0.1, 0.15) is 6.10 Å². The molecule has 0 amide bonds. The van der Waals surface area contributed by atoms with Crippen LogP contribution in [-0.2, 0) is 4.84 Å². The molecule has 1 rings (SSSR count). The molecule has 1 heterocycles. The molecule has 0 radical (unpaired) electrons. The zero-order valence-electron chi connectivity index (χ0n) is 8.48. The lowest BCUT2D eigenvalue weighted by Crippen LogP contribution is -2.23. The number of alkyl halides is 3. The molecule has 0 aromatic rings. The van der Waals surface area contributed by atoms with Crippen LogP contribution in [0.2, 0.25) is 0 Å². The first-order chi connectivity index (χ1) is 6.18. The fourth-order valence-electron chi connectivity index (χ4n) is 1.24. The summed E-state index contributed by atoms with van der Waals surface area (Å²) in [6.07, 6.45) is -5.64. The van der Waals surface area contributed by atoms with Crippen molar-refractivity contribution in [2.45, 2.75) is 45.9 Å². The van der Waals surface area contributed by atoms with Gasteiger partial charge in [-0.3, -0.25) is 0 Å². The van der Waals surface area contributed by atoms with Crippen LogP contribution in [0.5, 0.6) is 0 Å². The van der Waals surface area contributed by atoms with Crippen molar-refractivity contribution in [3.05, 3.63) is 0 Å². The van der Waals surface area contributed by atoms with Crippen molar-refractivity contribution in [1.29, 1.82) is 0 Å². The monoisotopic (exact) mass is 209 g/mol. The van der Waals surface area contributed by atoms with E-state index in [-0.39, 0.29) is 11.8 Å². The molecule has 0 saturated carbocycles. The van der Waals surface area contributed by atoms with E-state index in [1.165, 1.54) is 0 Å².